The molecule has 0 spiro atoms. The van der Waals surface area contributed by atoms with Crippen molar-refractivity contribution in [1.29, 1.82) is 0 Å². The van der Waals surface area contributed by atoms with Crippen LogP contribution in [0.1, 0.15) is 6.42 Å². The Morgan fingerprint density at radius 1 is 1.58 bits per heavy atom. The van der Waals surface area contributed by atoms with Crippen molar-refractivity contribution in [3.8, 4) is 0 Å². The number of rotatable bonds is 1. The predicted octanol–water partition coefficient (Wildman–Crippen LogP) is 0.155. The smallest absolute Gasteiger partial charge is 0.278 e. The molecule has 1 rings (SSSR count). The first-order valence-electron chi connectivity index (χ1n) is 3.58. The number of sulfone groups is 1. The highest BCUT2D eigenvalue weighted by Gasteiger charge is 2.31. The molecule has 1 unspecified atom stereocenters. The second kappa shape index (κ2) is 3.26. The van der Waals surface area contributed by atoms with Crippen LogP contribution >= 0.6 is 12.6 Å². The molecule has 0 radical (unpaired) electrons. The molecule has 1 fully saturated rings. The first kappa shape index (κ1) is 9.85. The van der Waals surface area contributed by atoms with Crippen LogP contribution in [0.3, 0.4) is 0 Å². The van der Waals surface area contributed by atoms with Gasteiger partial charge in [0.15, 0.2) is 9.84 Å². The molecular formula is C6H11NO3S2. The van der Waals surface area contributed by atoms with Crippen molar-refractivity contribution < 1.29 is 13.2 Å². The van der Waals surface area contributed by atoms with Gasteiger partial charge in [-0.25, -0.2) is 8.42 Å². The molecular weight excluding hydrogens is 198 g/mol. The lowest BCUT2D eigenvalue weighted by Gasteiger charge is -2.20. The van der Waals surface area contributed by atoms with Gasteiger partial charge in [-0.1, -0.05) is 12.6 Å². The van der Waals surface area contributed by atoms with Crippen molar-refractivity contribution in [2.75, 3.05) is 18.6 Å². The second-order valence-corrected chi connectivity index (χ2v) is 5.56. The van der Waals surface area contributed by atoms with E-state index in [1.165, 1.54) is 4.90 Å². The van der Waals surface area contributed by atoms with E-state index in [1.54, 1.807) is 7.05 Å². The number of hydrogen-bond acceptors (Lipinski definition) is 3. The van der Waals surface area contributed by atoms with Crippen molar-refractivity contribution >= 4 is 27.7 Å². The minimum atomic E-state index is -2.90. The normalized spacial score (nSPS) is 27.0. The van der Waals surface area contributed by atoms with Crippen LogP contribution < -0.4 is 0 Å². The molecule has 1 atom stereocenters. The highest BCUT2D eigenvalue weighted by Crippen LogP contribution is 2.17. The van der Waals surface area contributed by atoms with E-state index in [0.717, 1.165) is 0 Å². The Balaban J connectivity index is 2.64. The van der Waals surface area contributed by atoms with E-state index < -0.39 is 9.84 Å². The lowest BCUT2D eigenvalue weighted by molar-refractivity contribution is 0.221. The molecule has 0 aromatic rings. The Kier molecular flexibility index (Phi) is 2.67. The standard InChI is InChI=1S/C6H11NO3S2/c1-7(6(8)11)5-2-3-12(9,10)4-5/h5H,2-4H2,1H3,(H,8,11). The minimum Gasteiger partial charge on any atom is -0.333 e. The van der Waals surface area contributed by atoms with Gasteiger partial charge in [0.2, 0.25) is 0 Å². The van der Waals surface area contributed by atoms with E-state index in [4.69, 9.17) is 0 Å². The number of thiol groups is 1. The molecule has 4 nitrogen and oxygen atoms in total. The molecule has 0 aliphatic carbocycles. The lowest BCUT2D eigenvalue weighted by atomic mass is 10.2. The highest BCUT2D eigenvalue weighted by molar-refractivity contribution is 7.96. The second-order valence-electron chi connectivity index (χ2n) is 2.95. The van der Waals surface area contributed by atoms with Gasteiger partial charge in [-0.15, -0.1) is 0 Å². The number of amides is 1. The monoisotopic (exact) mass is 209 g/mol. The summed E-state index contributed by atoms with van der Waals surface area (Å²) in [5, 5.41) is -0.378. The first-order chi connectivity index (χ1) is 5.42. The van der Waals surface area contributed by atoms with Crippen LogP contribution in [0.5, 0.6) is 0 Å². The van der Waals surface area contributed by atoms with Crippen LogP contribution in [0, 0.1) is 0 Å². The zero-order chi connectivity index (χ0) is 9.35. The van der Waals surface area contributed by atoms with Gasteiger partial charge in [0.1, 0.15) is 0 Å². The van der Waals surface area contributed by atoms with E-state index in [9.17, 15) is 13.2 Å². The molecule has 1 saturated heterocycles. The van der Waals surface area contributed by atoms with Crippen molar-refractivity contribution in [1.82, 2.24) is 4.90 Å². The fraction of sp³-hybridized carbons (Fsp3) is 0.833. The molecule has 1 aliphatic rings. The Labute approximate surface area is 77.3 Å². The molecule has 6 heteroatoms. The molecule has 0 N–H and O–H groups in total. The van der Waals surface area contributed by atoms with Crippen LogP contribution in [0.2, 0.25) is 0 Å². The van der Waals surface area contributed by atoms with Crippen LogP contribution in [0.15, 0.2) is 0 Å². The third-order valence-electron chi connectivity index (χ3n) is 2.06. The summed E-state index contributed by atoms with van der Waals surface area (Å²) in [4.78, 5) is 12.1. The van der Waals surface area contributed by atoms with Crippen molar-refractivity contribution in [3.63, 3.8) is 0 Å². The summed E-state index contributed by atoms with van der Waals surface area (Å²) in [7, 11) is -1.33. The van der Waals surface area contributed by atoms with Gasteiger partial charge in [-0.2, -0.15) is 0 Å². The largest absolute Gasteiger partial charge is 0.333 e. The van der Waals surface area contributed by atoms with Gasteiger partial charge >= 0.3 is 0 Å². The molecule has 0 aromatic carbocycles. The molecule has 1 aliphatic heterocycles. The van der Waals surface area contributed by atoms with Crippen molar-refractivity contribution in [2.24, 2.45) is 0 Å². The third kappa shape index (κ3) is 2.13. The van der Waals surface area contributed by atoms with Crippen LogP contribution in [0.4, 0.5) is 4.79 Å². The summed E-state index contributed by atoms with van der Waals surface area (Å²) < 4.78 is 22.0. The summed E-state index contributed by atoms with van der Waals surface area (Å²) in [6, 6.07) is -0.181. The number of nitrogens with zero attached hydrogens (tertiary/aromatic N) is 1. The number of carbonyl (C=O) groups excluding carboxylic acids is 1. The van der Waals surface area contributed by atoms with E-state index in [0.29, 0.717) is 6.42 Å². The van der Waals surface area contributed by atoms with Crippen molar-refractivity contribution in [2.45, 2.75) is 12.5 Å². The highest BCUT2D eigenvalue weighted by atomic mass is 32.2. The Morgan fingerprint density at radius 2 is 2.17 bits per heavy atom. The van der Waals surface area contributed by atoms with Gasteiger partial charge in [0.25, 0.3) is 5.24 Å². The van der Waals surface area contributed by atoms with Gasteiger partial charge in [0.05, 0.1) is 11.5 Å². The summed E-state index contributed by atoms with van der Waals surface area (Å²) in [6.07, 6.45) is 0.533. The molecule has 1 amide bonds. The Hall–Kier alpha value is -0.230. The summed E-state index contributed by atoms with van der Waals surface area (Å²) in [5.74, 6) is 0.263. The van der Waals surface area contributed by atoms with Crippen LogP contribution in [0.25, 0.3) is 0 Å². The quantitative estimate of drug-likeness (QED) is 0.626. The molecule has 0 bridgehead atoms. The van der Waals surface area contributed by atoms with Gasteiger partial charge in [-0.05, 0) is 6.42 Å². The summed E-state index contributed by atoms with van der Waals surface area (Å²) in [5.41, 5.74) is 0. The van der Waals surface area contributed by atoms with Gasteiger partial charge in [0, 0.05) is 13.1 Å². The maximum Gasteiger partial charge on any atom is 0.278 e. The lowest BCUT2D eigenvalue weighted by Crippen LogP contribution is -2.34. The summed E-state index contributed by atoms with van der Waals surface area (Å²) >= 11 is 3.62. The average molecular weight is 209 g/mol. The minimum absolute atomic E-state index is 0.0792. The maximum absolute atomic E-state index is 11.0. The van der Waals surface area contributed by atoms with E-state index in [2.05, 4.69) is 12.6 Å². The van der Waals surface area contributed by atoms with E-state index in [1.807, 2.05) is 0 Å². The first-order valence-corrected chi connectivity index (χ1v) is 5.85. The number of hydrogen-bond donors (Lipinski definition) is 1. The van der Waals surface area contributed by atoms with E-state index in [-0.39, 0.29) is 22.8 Å². The van der Waals surface area contributed by atoms with Gasteiger partial charge in [-0.3, -0.25) is 4.79 Å². The third-order valence-corrected chi connectivity index (χ3v) is 4.12. The van der Waals surface area contributed by atoms with Gasteiger partial charge < -0.3 is 4.90 Å². The zero-order valence-electron chi connectivity index (χ0n) is 6.73. The molecule has 1 heterocycles. The SMILES string of the molecule is CN(C(=O)S)C1CCS(=O)(=O)C1. The Bertz CT molecular complexity index is 285. The van der Waals surface area contributed by atoms with Crippen molar-refractivity contribution in [3.05, 3.63) is 0 Å². The molecule has 0 saturated carbocycles. The number of carbonyl (C=O) groups is 1. The average Bonchev–Trinajstić information content (AvgIpc) is 2.28. The predicted molar refractivity (Wildman–Crippen MR) is 49.2 cm³/mol. The van der Waals surface area contributed by atoms with Crippen LogP contribution in [-0.4, -0.2) is 43.2 Å². The fourth-order valence-corrected chi connectivity index (χ4v) is 3.17. The molecule has 70 valence electrons. The molecule has 0 aromatic heterocycles. The summed E-state index contributed by atoms with van der Waals surface area (Å²) in [6.45, 7) is 0. The van der Waals surface area contributed by atoms with Crippen LogP contribution in [-0.2, 0) is 9.84 Å². The zero-order valence-corrected chi connectivity index (χ0v) is 8.44. The topological polar surface area (TPSA) is 54.5 Å². The maximum atomic E-state index is 11.0. The molecule has 12 heavy (non-hydrogen) atoms. The fourth-order valence-electron chi connectivity index (χ4n) is 1.24. The Morgan fingerprint density at radius 3 is 2.50 bits per heavy atom. The van der Waals surface area contributed by atoms with E-state index >= 15 is 0 Å².